The van der Waals surface area contributed by atoms with Gasteiger partial charge < -0.3 is 10.6 Å². The summed E-state index contributed by atoms with van der Waals surface area (Å²) in [5.41, 5.74) is 5.15. The largest absolute Gasteiger partial charge is 0.332 e. The first-order valence-corrected chi connectivity index (χ1v) is 4.05. The molecule has 0 aliphatic carbocycles. The second-order valence-corrected chi connectivity index (χ2v) is 2.97. The van der Waals surface area contributed by atoms with Crippen molar-refractivity contribution in [2.24, 2.45) is 5.73 Å². The van der Waals surface area contributed by atoms with Crippen LogP contribution in [0.1, 0.15) is 0 Å². The fourth-order valence-electron chi connectivity index (χ4n) is 0.740. The highest BCUT2D eigenvalue weighted by Gasteiger charge is 2.15. The van der Waals surface area contributed by atoms with E-state index in [9.17, 15) is 4.79 Å². The summed E-state index contributed by atoms with van der Waals surface area (Å²) in [6.45, 7) is 1.03. The Hall–Kier alpha value is 0.0700. The van der Waals surface area contributed by atoms with Crippen LogP contribution in [0.5, 0.6) is 0 Å². The summed E-state index contributed by atoms with van der Waals surface area (Å²) >= 11 is 1.78. The summed E-state index contributed by atoms with van der Waals surface area (Å²) < 4.78 is 0. The zero-order valence-corrected chi connectivity index (χ0v) is 7.21. The maximum atomic E-state index is 10.8. The Morgan fingerprint density at radius 1 is 1.70 bits per heavy atom. The van der Waals surface area contributed by atoms with Gasteiger partial charge in [-0.2, -0.15) is 0 Å². The number of amides is 1. The summed E-state index contributed by atoms with van der Waals surface area (Å²) in [4.78, 5) is 12.6. The van der Waals surface area contributed by atoms with Crippen molar-refractivity contribution in [2.45, 2.75) is 0 Å². The summed E-state index contributed by atoms with van der Waals surface area (Å²) in [5, 5.41) is 0. The Morgan fingerprint density at radius 3 is 2.80 bits per heavy atom. The quantitative estimate of drug-likeness (QED) is 0.616. The number of rotatable bonds is 1. The normalized spacial score (nSPS) is 16.7. The van der Waals surface area contributed by atoms with Crippen molar-refractivity contribution in [2.75, 3.05) is 24.7 Å². The van der Waals surface area contributed by atoms with Crippen LogP contribution in [0.25, 0.3) is 0 Å². The van der Waals surface area contributed by atoms with Gasteiger partial charge in [0.2, 0.25) is 5.91 Å². The summed E-state index contributed by atoms with van der Waals surface area (Å²) in [6, 6.07) is 0. The van der Waals surface area contributed by atoms with Gasteiger partial charge in [-0.25, -0.2) is 0 Å². The lowest BCUT2D eigenvalue weighted by atomic mass is 10.5. The molecule has 5 heteroatoms. The van der Waals surface area contributed by atoms with Crippen LogP contribution in [0.4, 0.5) is 0 Å². The number of hydrogen-bond acceptors (Lipinski definition) is 3. The average Bonchev–Trinajstić information content (AvgIpc) is 2.37. The van der Waals surface area contributed by atoms with Crippen LogP contribution in [0, 0.1) is 0 Å². The Bertz CT molecular complexity index is 116. The molecule has 0 radical (unpaired) electrons. The van der Waals surface area contributed by atoms with E-state index >= 15 is 0 Å². The molecule has 2 N–H and O–H groups in total. The predicted molar refractivity (Wildman–Crippen MR) is 45.3 cm³/mol. The molecule has 1 rings (SSSR count). The molecule has 3 nitrogen and oxygen atoms in total. The highest BCUT2D eigenvalue weighted by molar-refractivity contribution is 7.99. The van der Waals surface area contributed by atoms with E-state index in [1.54, 1.807) is 16.7 Å². The molecule has 10 heavy (non-hydrogen) atoms. The monoisotopic (exact) mass is 182 g/mol. The van der Waals surface area contributed by atoms with Gasteiger partial charge in [-0.3, -0.25) is 4.79 Å². The average molecular weight is 183 g/mol. The van der Waals surface area contributed by atoms with Crippen molar-refractivity contribution >= 4 is 30.1 Å². The van der Waals surface area contributed by atoms with Crippen LogP contribution in [-0.2, 0) is 4.79 Å². The molecule has 1 fully saturated rings. The topological polar surface area (TPSA) is 46.3 Å². The molecule has 1 heterocycles. The van der Waals surface area contributed by atoms with Gasteiger partial charge in [-0.1, -0.05) is 0 Å². The van der Waals surface area contributed by atoms with E-state index in [-0.39, 0.29) is 24.9 Å². The van der Waals surface area contributed by atoms with E-state index in [0.29, 0.717) is 0 Å². The van der Waals surface area contributed by atoms with Gasteiger partial charge in [0.15, 0.2) is 0 Å². The lowest BCUT2D eigenvalue weighted by Gasteiger charge is -2.11. The summed E-state index contributed by atoms with van der Waals surface area (Å²) in [6.07, 6.45) is 0. The van der Waals surface area contributed by atoms with Gasteiger partial charge in [0, 0.05) is 12.3 Å². The zero-order chi connectivity index (χ0) is 6.69. The molecule has 0 spiro atoms. The molecule has 0 aromatic rings. The van der Waals surface area contributed by atoms with E-state index in [2.05, 4.69) is 0 Å². The third-order valence-corrected chi connectivity index (χ3v) is 2.25. The van der Waals surface area contributed by atoms with Crippen LogP contribution in [0.3, 0.4) is 0 Å². The van der Waals surface area contributed by atoms with Crippen molar-refractivity contribution in [3.8, 4) is 0 Å². The van der Waals surface area contributed by atoms with Crippen LogP contribution in [0.2, 0.25) is 0 Å². The minimum absolute atomic E-state index is 0. The van der Waals surface area contributed by atoms with E-state index in [1.807, 2.05) is 0 Å². The van der Waals surface area contributed by atoms with Gasteiger partial charge in [0.1, 0.15) is 0 Å². The van der Waals surface area contributed by atoms with Crippen molar-refractivity contribution in [1.29, 1.82) is 0 Å². The fraction of sp³-hybridized carbons (Fsp3) is 0.800. The predicted octanol–water partition coefficient (Wildman–Crippen LogP) is -0.100. The molecule has 1 saturated heterocycles. The van der Waals surface area contributed by atoms with E-state index in [1.165, 1.54) is 0 Å². The van der Waals surface area contributed by atoms with Gasteiger partial charge >= 0.3 is 0 Å². The van der Waals surface area contributed by atoms with Crippen molar-refractivity contribution < 1.29 is 4.79 Å². The molecular weight excluding hydrogens is 172 g/mol. The van der Waals surface area contributed by atoms with Gasteiger partial charge in [0.05, 0.1) is 12.4 Å². The maximum Gasteiger partial charge on any atom is 0.237 e. The third-order valence-electron chi connectivity index (χ3n) is 1.28. The van der Waals surface area contributed by atoms with Gasteiger partial charge in [0.25, 0.3) is 0 Å². The molecule has 1 aliphatic heterocycles. The van der Waals surface area contributed by atoms with Crippen LogP contribution in [-0.4, -0.2) is 35.5 Å². The molecule has 1 amide bonds. The minimum Gasteiger partial charge on any atom is -0.332 e. The maximum absolute atomic E-state index is 10.8. The highest BCUT2D eigenvalue weighted by Crippen LogP contribution is 2.12. The second kappa shape index (κ2) is 4.82. The molecule has 60 valence electrons. The zero-order valence-electron chi connectivity index (χ0n) is 5.58. The van der Waals surface area contributed by atoms with Crippen molar-refractivity contribution in [1.82, 2.24) is 4.90 Å². The molecule has 0 atom stereocenters. The van der Waals surface area contributed by atoms with Crippen LogP contribution in [0.15, 0.2) is 0 Å². The van der Waals surface area contributed by atoms with Crippen LogP contribution >= 0.6 is 24.2 Å². The van der Waals surface area contributed by atoms with E-state index in [0.717, 1.165) is 18.2 Å². The van der Waals surface area contributed by atoms with E-state index < -0.39 is 0 Å². The number of nitrogens with two attached hydrogens (primary N) is 1. The number of hydrogen-bond donors (Lipinski definition) is 1. The Morgan fingerprint density at radius 2 is 2.40 bits per heavy atom. The molecule has 0 unspecified atom stereocenters. The lowest BCUT2D eigenvalue weighted by molar-refractivity contribution is -0.128. The molecule has 1 aliphatic rings. The SMILES string of the molecule is Cl.NCC(=O)N1CCSC1. The smallest absolute Gasteiger partial charge is 0.237 e. The number of thioether (sulfide) groups is 1. The number of nitrogens with zero attached hydrogens (tertiary/aromatic N) is 1. The second-order valence-electron chi connectivity index (χ2n) is 1.90. The standard InChI is InChI=1S/C5H10N2OS.ClH/c6-3-5(8)7-1-2-9-4-7;/h1-4,6H2;1H. The van der Waals surface area contributed by atoms with Crippen LogP contribution < -0.4 is 5.73 Å². The first-order chi connectivity index (χ1) is 4.34. The molecule has 0 aromatic heterocycles. The van der Waals surface area contributed by atoms with Crippen molar-refractivity contribution in [3.05, 3.63) is 0 Å². The lowest BCUT2D eigenvalue weighted by Crippen LogP contribution is -2.33. The molecule has 0 aromatic carbocycles. The number of carbonyl (C=O) groups excluding carboxylic acids is 1. The summed E-state index contributed by atoms with van der Waals surface area (Å²) in [5.74, 6) is 1.96. The Kier molecular flexibility index (Phi) is 4.85. The Labute approximate surface area is 70.7 Å². The Balaban J connectivity index is 0.000000810. The van der Waals surface area contributed by atoms with Gasteiger partial charge in [-0.05, 0) is 0 Å². The first kappa shape index (κ1) is 10.1. The van der Waals surface area contributed by atoms with E-state index in [4.69, 9.17) is 5.73 Å². The number of halogens is 1. The highest BCUT2D eigenvalue weighted by atomic mass is 35.5. The third kappa shape index (κ3) is 2.36. The molecule has 0 saturated carbocycles. The van der Waals surface area contributed by atoms with Crippen molar-refractivity contribution in [3.63, 3.8) is 0 Å². The van der Waals surface area contributed by atoms with Gasteiger partial charge in [-0.15, -0.1) is 24.2 Å². The molecule has 0 bridgehead atoms. The fourth-order valence-corrected chi connectivity index (χ4v) is 1.71. The number of carbonyl (C=O) groups is 1. The first-order valence-electron chi connectivity index (χ1n) is 2.90. The molecular formula is C5H11ClN2OS. The summed E-state index contributed by atoms with van der Waals surface area (Å²) in [7, 11) is 0. The minimum atomic E-state index is 0.